The van der Waals surface area contributed by atoms with Gasteiger partial charge < -0.3 is 10.0 Å². The molecular formula is C12H17NO2S. The van der Waals surface area contributed by atoms with Crippen LogP contribution in [-0.4, -0.2) is 24.2 Å². The fourth-order valence-electron chi connectivity index (χ4n) is 2.46. The van der Waals surface area contributed by atoms with Gasteiger partial charge in [-0.3, -0.25) is 0 Å². The van der Waals surface area contributed by atoms with Crippen LogP contribution in [0.3, 0.4) is 0 Å². The summed E-state index contributed by atoms with van der Waals surface area (Å²) in [7, 11) is 0. The Hall–Kier alpha value is -1.03. The van der Waals surface area contributed by atoms with E-state index in [9.17, 15) is 4.79 Å². The predicted molar refractivity (Wildman–Crippen MR) is 66.4 cm³/mol. The number of thiophene rings is 1. The highest BCUT2D eigenvalue weighted by Crippen LogP contribution is 2.31. The molecule has 2 atom stereocenters. The van der Waals surface area contributed by atoms with Crippen molar-refractivity contribution in [1.29, 1.82) is 0 Å². The van der Waals surface area contributed by atoms with Crippen molar-refractivity contribution in [3.05, 3.63) is 17.0 Å². The number of piperidine rings is 1. The van der Waals surface area contributed by atoms with E-state index < -0.39 is 5.97 Å². The second-order valence-corrected chi connectivity index (χ2v) is 5.86. The Morgan fingerprint density at radius 1 is 1.38 bits per heavy atom. The normalized spacial score (nSPS) is 25.8. The smallest absolute Gasteiger partial charge is 0.345 e. The van der Waals surface area contributed by atoms with E-state index in [2.05, 4.69) is 18.7 Å². The molecular weight excluding hydrogens is 222 g/mol. The molecule has 0 aliphatic carbocycles. The van der Waals surface area contributed by atoms with Gasteiger partial charge in [-0.15, -0.1) is 11.3 Å². The van der Waals surface area contributed by atoms with Crippen molar-refractivity contribution in [3.63, 3.8) is 0 Å². The van der Waals surface area contributed by atoms with Crippen molar-refractivity contribution in [2.45, 2.75) is 20.3 Å². The Morgan fingerprint density at radius 3 is 2.50 bits per heavy atom. The summed E-state index contributed by atoms with van der Waals surface area (Å²) >= 11 is 1.38. The van der Waals surface area contributed by atoms with Crippen molar-refractivity contribution in [1.82, 2.24) is 0 Å². The van der Waals surface area contributed by atoms with E-state index in [0.717, 1.165) is 18.1 Å². The SMILES string of the molecule is CC1CC(C)CN(c2ccc(C(=O)O)s2)C1. The molecule has 1 fully saturated rings. The standard InChI is InChI=1S/C12H17NO2S/c1-8-5-9(2)7-13(6-8)11-4-3-10(16-11)12(14)15/h3-4,8-9H,5-7H2,1-2H3,(H,14,15). The van der Waals surface area contributed by atoms with Gasteiger partial charge in [-0.1, -0.05) is 13.8 Å². The number of carboxylic acids is 1. The predicted octanol–water partition coefficient (Wildman–Crippen LogP) is 2.93. The number of hydrogen-bond donors (Lipinski definition) is 1. The summed E-state index contributed by atoms with van der Waals surface area (Å²) in [5, 5.41) is 9.99. The van der Waals surface area contributed by atoms with Crippen LogP contribution in [0.15, 0.2) is 12.1 Å². The second kappa shape index (κ2) is 4.45. The van der Waals surface area contributed by atoms with Crippen molar-refractivity contribution in [2.24, 2.45) is 11.8 Å². The maximum absolute atomic E-state index is 10.8. The van der Waals surface area contributed by atoms with Gasteiger partial charge in [0.1, 0.15) is 4.88 Å². The van der Waals surface area contributed by atoms with E-state index in [-0.39, 0.29) is 0 Å². The van der Waals surface area contributed by atoms with Crippen LogP contribution in [0.2, 0.25) is 0 Å². The third-order valence-electron chi connectivity index (χ3n) is 2.98. The van der Waals surface area contributed by atoms with Gasteiger partial charge in [0.15, 0.2) is 0 Å². The van der Waals surface area contributed by atoms with Crippen LogP contribution in [0.4, 0.5) is 5.00 Å². The molecule has 1 aliphatic heterocycles. The Morgan fingerprint density at radius 2 is 2.00 bits per heavy atom. The summed E-state index contributed by atoms with van der Waals surface area (Å²) in [6, 6.07) is 3.63. The highest BCUT2D eigenvalue weighted by molar-refractivity contribution is 7.17. The number of carboxylic acid groups (broad SMARTS) is 1. The third kappa shape index (κ3) is 2.38. The van der Waals surface area contributed by atoms with Gasteiger partial charge in [0.05, 0.1) is 5.00 Å². The van der Waals surface area contributed by atoms with Gasteiger partial charge in [0, 0.05) is 13.1 Å². The van der Waals surface area contributed by atoms with Crippen LogP contribution in [0, 0.1) is 11.8 Å². The van der Waals surface area contributed by atoms with Crippen LogP contribution in [-0.2, 0) is 0 Å². The van der Waals surface area contributed by atoms with E-state index in [1.165, 1.54) is 17.8 Å². The Balaban J connectivity index is 2.13. The number of rotatable bonds is 2. The maximum Gasteiger partial charge on any atom is 0.345 e. The number of nitrogens with zero attached hydrogens (tertiary/aromatic N) is 1. The van der Waals surface area contributed by atoms with E-state index in [1.807, 2.05) is 6.07 Å². The van der Waals surface area contributed by atoms with E-state index in [4.69, 9.17) is 5.11 Å². The number of carbonyl (C=O) groups is 1. The van der Waals surface area contributed by atoms with Crippen LogP contribution in [0.25, 0.3) is 0 Å². The van der Waals surface area contributed by atoms with Crippen molar-refractivity contribution >= 4 is 22.3 Å². The van der Waals surface area contributed by atoms with Gasteiger partial charge in [0.2, 0.25) is 0 Å². The molecule has 0 spiro atoms. The molecule has 0 saturated carbocycles. The Kier molecular flexibility index (Phi) is 3.19. The Bertz CT molecular complexity index is 378. The van der Waals surface area contributed by atoms with Gasteiger partial charge >= 0.3 is 5.97 Å². The fraction of sp³-hybridized carbons (Fsp3) is 0.583. The number of aromatic carboxylic acids is 1. The zero-order valence-corrected chi connectivity index (χ0v) is 10.5. The minimum atomic E-state index is -0.825. The van der Waals surface area contributed by atoms with Crippen LogP contribution < -0.4 is 4.90 Å². The average Bonchev–Trinajstić information content (AvgIpc) is 2.64. The first kappa shape index (κ1) is 11.5. The molecule has 0 amide bonds. The first-order valence-electron chi connectivity index (χ1n) is 5.64. The Labute approximate surface area is 99.7 Å². The van der Waals surface area contributed by atoms with Gasteiger partial charge in [-0.25, -0.2) is 4.79 Å². The monoisotopic (exact) mass is 239 g/mol. The molecule has 2 unspecified atom stereocenters. The van der Waals surface area contributed by atoms with Gasteiger partial charge in [-0.2, -0.15) is 0 Å². The highest BCUT2D eigenvalue weighted by Gasteiger charge is 2.23. The highest BCUT2D eigenvalue weighted by atomic mass is 32.1. The zero-order chi connectivity index (χ0) is 11.7. The minimum absolute atomic E-state index is 0.431. The summed E-state index contributed by atoms with van der Waals surface area (Å²) in [4.78, 5) is 13.6. The second-order valence-electron chi connectivity index (χ2n) is 4.79. The molecule has 1 N–H and O–H groups in total. The molecule has 4 heteroatoms. The van der Waals surface area contributed by atoms with E-state index in [1.54, 1.807) is 6.07 Å². The number of anilines is 1. The lowest BCUT2D eigenvalue weighted by Gasteiger charge is -2.35. The lowest BCUT2D eigenvalue weighted by atomic mass is 9.92. The molecule has 2 heterocycles. The van der Waals surface area contributed by atoms with E-state index >= 15 is 0 Å². The molecule has 0 radical (unpaired) electrons. The zero-order valence-electron chi connectivity index (χ0n) is 9.64. The lowest BCUT2D eigenvalue weighted by Crippen LogP contribution is -2.38. The summed E-state index contributed by atoms with van der Waals surface area (Å²) in [5.41, 5.74) is 0. The molecule has 1 aromatic rings. The summed E-state index contributed by atoms with van der Waals surface area (Å²) in [6.07, 6.45) is 1.27. The molecule has 3 nitrogen and oxygen atoms in total. The van der Waals surface area contributed by atoms with Gasteiger partial charge in [0.25, 0.3) is 0 Å². The van der Waals surface area contributed by atoms with Crippen molar-refractivity contribution < 1.29 is 9.90 Å². The van der Waals surface area contributed by atoms with Crippen molar-refractivity contribution in [2.75, 3.05) is 18.0 Å². The topological polar surface area (TPSA) is 40.5 Å². The molecule has 88 valence electrons. The molecule has 1 aromatic heterocycles. The minimum Gasteiger partial charge on any atom is -0.477 e. The van der Waals surface area contributed by atoms with Crippen LogP contribution >= 0.6 is 11.3 Å². The molecule has 0 aromatic carbocycles. The molecule has 16 heavy (non-hydrogen) atoms. The van der Waals surface area contributed by atoms with Crippen LogP contribution in [0.5, 0.6) is 0 Å². The molecule has 1 saturated heterocycles. The largest absolute Gasteiger partial charge is 0.477 e. The van der Waals surface area contributed by atoms with E-state index in [0.29, 0.717) is 16.7 Å². The quantitative estimate of drug-likeness (QED) is 0.862. The maximum atomic E-state index is 10.8. The average molecular weight is 239 g/mol. The number of hydrogen-bond acceptors (Lipinski definition) is 3. The third-order valence-corrected chi connectivity index (χ3v) is 4.12. The summed E-state index contributed by atoms with van der Waals surface area (Å²) < 4.78 is 0. The van der Waals surface area contributed by atoms with Crippen LogP contribution in [0.1, 0.15) is 29.9 Å². The lowest BCUT2D eigenvalue weighted by molar-refractivity contribution is 0.0702. The molecule has 0 bridgehead atoms. The first-order valence-corrected chi connectivity index (χ1v) is 6.46. The molecule has 1 aliphatic rings. The van der Waals surface area contributed by atoms with Gasteiger partial charge in [-0.05, 0) is 30.4 Å². The first-order chi connectivity index (χ1) is 7.56. The fourth-order valence-corrected chi connectivity index (χ4v) is 3.32. The summed E-state index contributed by atoms with van der Waals surface area (Å²) in [6.45, 7) is 6.61. The molecule has 2 rings (SSSR count). The van der Waals surface area contributed by atoms with Crippen molar-refractivity contribution in [3.8, 4) is 0 Å². The summed E-state index contributed by atoms with van der Waals surface area (Å²) in [5.74, 6) is 0.563.